The molecule has 1 N–H and O–H groups in total. The lowest BCUT2D eigenvalue weighted by atomic mass is 10.2. The monoisotopic (exact) mass is 284 g/mol. The van der Waals surface area contributed by atoms with E-state index in [2.05, 4.69) is 17.2 Å². The molecule has 1 heterocycles. The molecular weight excluding hydrogens is 271 g/mol. The lowest BCUT2D eigenvalue weighted by Crippen LogP contribution is -2.20. The first kappa shape index (κ1) is 13.5. The molecule has 1 aromatic carbocycles. The smallest absolute Gasteiger partial charge is 0.142 e. The van der Waals surface area contributed by atoms with Crippen molar-refractivity contribution in [2.45, 2.75) is 25.9 Å². The van der Waals surface area contributed by atoms with Crippen LogP contribution < -0.4 is 5.32 Å². The summed E-state index contributed by atoms with van der Waals surface area (Å²) in [5, 5.41) is 6.55. The van der Waals surface area contributed by atoms with E-state index in [1.165, 1.54) is 6.07 Å². The molecule has 0 fully saturated rings. The number of hydrogen-bond donors (Lipinski definition) is 1. The van der Waals surface area contributed by atoms with E-state index in [-0.39, 0.29) is 16.9 Å². The van der Waals surface area contributed by atoms with Gasteiger partial charge in [0.2, 0.25) is 0 Å². The largest absolute Gasteiger partial charge is 0.304 e. The molecule has 0 aliphatic rings. The van der Waals surface area contributed by atoms with Crippen molar-refractivity contribution >= 4 is 22.9 Å². The van der Waals surface area contributed by atoms with Crippen molar-refractivity contribution in [1.82, 2.24) is 10.3 Å². The van der Waals surface area contributed by atoms with Crippen molar-refractivity contribution < 1.29 is 4.39 Å². The van der Waals surface area contributed by atoms with Crippen LogP contribution in [0.4, 0.5) is 4.39 Å². The summed E-state index contributed by atoms with van der Waals surface area (Å²) in [5.41, 5.74) is 0.770. The van der Waals surface area contributed by atoms with Crippen molar-refractivity contribution in [1.29, 1.82) is 0 Å². The van der Waals surface area contributed by atoms with Gasteiger partial charge in [0.25, 0.3) is 0 Å². The Morgan fingerprint density at radius 2 is 2.33 bits per heavy atom. The zero-order valence-electron chi connectivity index (χ0n) is 9.99. The Bertz CT molecular complexity index is 502. The quantitative estimate of drug-likeness (QED) is 0.891. The molecule has 1 atom stereocenters. The Labute approximate surface area is 115 Å². The number of halogens is 2. The molecule has 0 aliphatic carbocycles. The molecule has 1 unspecified atom stereocenters. The van der Waals surface area contributed by atoms with E-state index in [4.69, 9.17) is 11.6 Å². The van der Waals surface area contributed by atoms with Crippen LogP contribution in [0.1, 0.15) is 30.0 Å². The first-order chi connectivity index (χ1) is 8.72. The van der Waals surface area contributed by atoms with Crippen LogP contribution >= 0.6 is 22.9 Å². The van der Waals surface area contributed by atoms with Gasteiger partial charge in [0.15, 0.2) is 0 Å². The van der Waals surface area contributed by atoms with Gasteiger partial charge in [-0.1, -0.05) is 30.7 Å². The zero-order valence-corrected chi connectivity index (χ0v) is 11.6. The van der Waals surface area contributed by atoms with E-state index in [1.807, 2.05) is 11.4 Å². The van der Waals surface area contributed by atoms with Crippen LogP contribution in [0.2, 0.25) is 5.02 Å². The summed E-state index contributed by atoms with van der Waals surface area (Å²) >= 11 is 7.53. The van der Waals surface area contributed by atoms with Crippen LogP contribution in [0.3, 0.4) is 0 Å². The van der Waals surface area contributed by atoms with Crippen molar-refractivity contribution in [3.8, 4) is 0 Å². The predicted octanol–water partition coefficient (Wildman–Crippen LogP) is 4.18. The number of hydrogen-bond acceptors (Lipinski definition) is 3. The molecule has 2 nitrogen and oxygen atoms in total. The molecule has 5 heteroatoms. The second-order valence-electron chi connectivity index (χ2n) is 3.93. The van der Waals surface area contributed by atoms with Gasteiger partial charge in [-0.3, -0.25) is 0 Å². The van der Waals surface area contributed by atoms with Crippen LogP contribution in [0, 0.1) is 5.82 Å². The molecule has 0 amide bonds. The Hall–Kier alpha value is -0.970. The van der Waals surface area contributed by atoms with Crippen LogP contribution in [-0.2, 0) is 6.54 Å². The maximum atomic E-state index is 13.3. The zero-order chi connectivity index (χ0) is 13.0. The minimum Gasteiger partial charge on any atom is -0.304 e. The van der Waals surface area contributed by atoms with E-state index in [9.17, 15) is 4.39 Å². The third-order valence-corrected chi connectivity index (χ3v) is 4.04. The summed E-state index contributed by atoms with van der Waals surface area (Å²) < 4.78 is 13.3. The van der Waals surface area contributed by atoms with Crippen molar-refractivity contribution in [3.63, 3.8) is 0 Å². The standard InChI is InChI=1S/C13H14ClFN2S/c1-2-11(13-16-6-7-18-13)17-8-9-4-3-5-10(15)12(9)14/h3-7,11,17H,2,8H2,1H3. The molecule has 0 aliphatic heterocycles. The van der Waals surface area contributed by atoms with E-state index in [1.54, 1.807) is 23.6 Å². The summed E-state index contributed by atoms with van der Waals surface area (Å²) in [4.78, 5) is 4.29. The summed E-state index contributed by atoms with van der Waals surface area (Å²) in [6.07, 6.45) is 2.72. The molecule has 1 aromatic heterocycles. The Morgan fingerprint density at radius 3 is 3.00 bits per heavy atom. The van der Waals surface area contributed by atoms with Gasteiger partial charge in [-0.05, 0) is 18.1 Å². The predicted molar refractivity (Wildman–Crippen MR) is 73.4 cm³/mol. The van der Waals surface area contributed by atoms with Gasteiger partial charge in [-0.2, -0.15) is 0 Å². The average Bonchev–Trinajstić information content (AvgIpc) is 2.89. The molecule has 0 saturated carbocycles. The minimum absolute atomic E-state index is 0.185. The third kappa shape index (κ3) is 3.07. The number of thiazole rings is 1. The first-order valence-electron chi connectivity index (χ1n) is 5.78. The fourth-order valence-corrected chi connectivity index (χ4v) is 2.72. The number of nitrogens with zero attached hydrogens (tertiary/aromatic N) is 1. The molecule has 0 spiro atoms. The summed E-state index contributed by atoms with van der Waals surface area (Å²) in [7, 11) is 0. The Morgan fingerprint density at radius 1 is 1.50 bits per heavy atom. The van der Waals surface area contributed by atoms with Crippen molar-refractivity contribution in [2.75, 3.05) is 0 Å². The van der Waals surface area contributed by atoms with Crippen molar-refractivity contribution in [3.05, 3.63) is 51.2 Å². The summed E-state index contributed by atoms with van der Waals surface area (Å²) in [6.45, 7) is 2.63. The first-order valence-corrected chi connectivity index (χ1v) is 7.03. The molecule has 0 saturated heterocycles. The molecular formula is C13H14ClFN2S. The number of benzene rings is 1. The number of rotatable bonds is 5. The SMILES string of the molecule is CCC(NCc1cccc(F)c1Cl)c1nccs1. The van der Waals surface area contributed by atoms with E-state index in [0.29, 0.717) is 6.54 Å². The maximum absolute atomic E-state index is 13.3. The van der Waals surface area contributed by atoms with E-state index in [0.717, 1.165) is 17.0 Å². The maximum Gasteiger partial charge on any atom is 0.142 e. The molecule has 2 rings (SSSR count). The van der Waals surface area contributed by atoms with Gasteiger partial charge in [0.1, 0.15) is 10.8 Å². The number of nitrogens with one attached hydrogen (secondary N) is 1. The highest BCUT2D eigenvalue weighted by Gasteiger charge is 2.12. The third-order valence-electron chi connectivity index (χ3n) is 2.73. The average molecular weight is 285 g/mol. The van der Waals surface area contributed by atoms with Crippen molar-refractivity contribution in [2.24, 2.45) is 0 Å². The van der Waals surface area contributed by atoms with Gasteiger partial charge in [-0.15, -0.1) is 11.3 Å². The van der Waals surface area contributed by atoms with Crippen LogP contribution in [-0.4, -0.2) is 4.98 Å². The van der Waals surface area contributed by atoms with Gasteiger partial charge in [0.05, 0.1) is 11.1 Å². The van der Waals surface area contributed by atoms with Gasteiger partial charge in [-0.25, -0.2) is 9.37 Å². The molecule has 2 aromatic rings. The Kier molecular flexibility index (Phi) is 4.69. The van der Waals surface area contributed by atoms with Crippen LogP contribution in [0.5, 0.6) is 0 Å². The normalized spacial score (nSPS) is 12.6. The Balaban J connectivity index is 2.04. The fraction of sp³-hybridized carbons (Fsp3) is 0.308. The highest BCUT2D eigenvalue weighted by atomic mass is 35.5. The molecule has 96 valence electrons. The van der Waals surface area contributed by atoms with Crippen LogP contribution in [0.25, 0.3) is 0 Å². The molecule has 18 heavy (non-hydrogen) atoms. The van der Waals surface area contributed by atoms with Gasteiger partial charge in [0, 0.05) is 18.1 Å². The van der Waals surface area contributed by atoms with Gasteiger partial charge < -0.3 is 5.32 Å². The van der Waals surface area contributed by atoms with E-state index >= 15 is 0 Å². The van der Waals surface area contributed by atoms with Gasteiger partial charge >= 0.3 is 0 Å². The number of aromatic nitrogens is 1. The topological polar surface area (TPSA) is 24.9 Å². The van der Waals surface area contributed by atoms with E-state index < -0.39 is 0 Å². The second kappa shape index (κ2) is 6.27. The molecule has 0 bridgehead atoms. The lowest BCUT2D eigenvalue weighted by molar-refractivity contribution is 0.515. The highest BCUT2D eigenvalue weighted by Crippen LogP contribution is 2.22. The summed E-state index contributed by atoms with van der Waals surface area (Å²) in [6, 6.07) is 5.05. The molecule has 0 radical (unpaired) electrons. The minimum atomic E-state index is -0.377. The lowest BCUT2D eigenvalue weighted by Gasteiger charge is -2.15. The highest BCUT2D eigenvalue weighted by molar-refractivity contribution is 7.09. The van der Waals surface area contributed by atoms with Crippen LogP contribution in [0.15, 0.2) is 29.8 Å². The second-order valence-corrected chi connectivity index (χ2v) is 5.23. The fourth-order valence-electron chi connectivity index (χ4n) is 1.73. The summed E-state index contributed by atoms with van der Waals surface area (Å²) in [5.74, 6) is -0.377.